The monoisotopic (exact) mass is 524 g/mol. The first kappa shape index (κ1) is 26.2. The van der Waals surface area contributed by atoms with Gasteiger partial charge in [-0.3, -0.25) is 0 Å². The summed E-state index contributed by atoms with van der Waals surface area (Å²) in [5.74, 6) is 0.917. The second-order valence-corrected chi connectivity index (χ2v) is 9.97. The van der Waals surface area contributed by atoms with Crippen LogP contribution in [0.25, 0.3) is 22.4 Å². The Morgan fingerprint density at radius 1 is 1.19 bits per heavy atom. The first-order valence-electron chi connectivity index (χ1n) is 11.3. The molecule has 0 saturated carbocycles. The third-order valence-electron chi connectivity index (χ3n) is 6.01. The van der Waals surface area contributed by atoms with Gasteiger partial charge in [0.2, 0.25) is 6.79 Å². The van der Waals surface area contributed by atoms with Gasteiger partial charge in [-0.25, -0.2) is 14.2 Å². The smallest absolute Gasteiger partial charge is 0.454 e. The van der Waals surface area contributed by atoms with Crippen molar-refractivity contribution in [3.8, 4) is 52.0 Å². The maximum atomic E-state index is 13.8. The number of rotatable bonds is 7. The van der Waals surface area contributed by atoms with Crippen molar-refractivity contribution in [3.05, 3.63) is 60.0 Å². The fourth-order valence-corrected chi connectivity index (χ4v) is 4.61. The minimum Gasteiger partial charge on any atom is -0.454 e. The van der Waals surface area contributed by atoms with Crippen molar-refractivity contribution in [2.24, 2.45) is 0 Å². The standard InChI is InChI=1S/C27H23FNO7P/c1-5-27(16(4)30,37(32)33)26(31)36-25-20(17-9-11-18(28)12-10-17)13-21(29-23(25)15(2)3)19-7-6-8-22-24(19)35-14-34-22/h1,6-13,15-16,30H,14H2,2-4H3/p+1. The van der Waals surface area contributed by atoms with Gasteiger partial charge in [-0.05, 0) is 59.2 Å². The lowest BCUT2D eigenvalue weighted by Crippen LogP contribution is -2.46. The molecule has 37 heavy (non-hydrogen) atoms. The summed E-state index contributed by atoms with van der Waals surface area (Å²) >= 11 is 0. The number of aliphatic hydroxyl groups is 1. The molecule has 3 atom stereocenters. The molecule has 0 radical (unpaired) electrons. The van der Waals surface area contributed by atoms with Gasteiger partial charge in [0.15, 0.2) is 17.2 Å². The number of hydrogen-bond acceptors (Lipinski definition) is 7. The molecule has 0 aliphatic carbocycles. The van der Waals surface area contributed by atoms with Crippen LogP contribution < -0.4 is 14.2 Å². The Morgan fingerprint density at radius 2 is 1.89 bits per heavy atom. The summed E-state index contributed by atoms with van der Waals surface area (Å²) in [6.07, 6.45) is 3.75. The van der Waals surface area contributed by atoms with Crippen molar-refractivity contribution in [3.63, 3.8) is 0 Å². The minimum atomic E-state index is -3.37. The van der Waals surface area contributed by atoms with Crippen molar-refractivity contribution in [1.82, 2.24) is 4.98 Å². The zero-order chi connectivity index (χ0) is 26.9. The van der Waals surface area contributed by atoms with E-state index in [1.54, 1.807) is 24.3 Å². The molecule has 1 aliphatic heterocycles. The van der Waals surface area contributed by atoms with Crippen LogP contribution in [0.1, 0.15) is 32.4 Å². The van der Waals surface area contributed by atoms with Gasteiger partial charge in [-0.1, -0.05) is 32.0 Å². The number of halogens is 1. The van der Waals surface area contributed by atoms with Crippen molar-refractivity contribution in [2.45, 2.75) is 37.9 Å². The molecule has 2 N–H and O–H groups in total. The molecule has 190 valence electrons. The summed E-state index contributed by atoms with van der Waals surface area (Å²) in [4.78, 5) is 27.9. The molecular weight excluding hydrogens is 500 g/mol. The van der Waals surface area contributed by atoms with Crippen molar-refractivity contribution in [2.75, 3.05) is 6.79 Å². The second kappa shape index (κ2) is 10.3. The quantitative estimate of drug-likeness (QED) is 0.257. The number of aliphatic hydroxyl groups excluding tert-OH is 1. The number of carbonyl (C=O) groups is 1. The zero-order valence-corrected chi connectivity index (χ0v) is 21.2. The lowest BCUT2D eigenvalue weighted by Gasteiger charge is -2.22. The van der Waals surface area contributed by atoms with Crippen LogP contribution in [0.15, 0.2) is 48.5 Å². The first-order valence-corrected chi connectivity index (χ1v) is 12.6. The molecule has 4 rings (SSSR count). The number of fused-ring (bicyclic) bond motifs is 1. The topological polar surface area (TPSA) is 115 Å². The number of pyridine rings is 1. The molecule has 1 aromatic heterocycles. The molecule has 0 bridgehead atoms. The highest BCUT2D eigenvalue weighted by Crippen LogP contribution is 2.46. The molecule has 0 spiro atoms. The Morgan fingerprint density at radius 3 is 2.49 bits per heavy atom. The summed E-state index contributed by atoms with van der Waals surface area (Å²) in [7, 11) is -3.37. The summed E-state index contributed by atoms with van der Waals surface area (Å²) in [5.41, 5.74) is 2.25. The Labute approximate surface area is 213 Å². The molecule has 2 heterocycles. The normalized spacial score (nSPS) is 15.0. The van der Waals surface area contributed by atoms with Gasteiger partial charge in [-0.2, -0.15) is 4.89 Å². The molecule has 3 aromatic rings. The highest BCUT2D eigenvalue weighted by molar-refractivity contribution is 7.42. The molecule has 3 unspecified atom stereocenters. The van der Waals surface area contributed by atoms with Crippen LogP contribution in [-0.2, 0) is 9.36 Å². The lowest BCUT2D eigenvalue weighted by molar-refractivity contribution is -0.138. The average molecular weight is 524 g/mol. The molecule has 8 nitrogen and oxygen atoms in total. The van der Waals surface area contributed by atoms with Crippen LogP contribution in [0.5, 0.6) is 17.2 Å². The number of aromatic nitrogens is 1. The zero-order valence-electron chi connectivity index (χ0n) is 20.3. The average Bonchev–Trinajstić information content (AvgIpc) is 3.34. The number of terminal acetylenes is 1. The number of ether oxygens (including phenoxy) is 3. The Hall–Kier alpha value is -3.83. The highest BCUT2D eigenvalue weighted by atomic mass is 31.1. The van der Waals surface area contributed by atoms with Crippen LogP contribution in [0.3, 0.4) is 0 Å². The van der Waals surface area contributed by atoms with E-state index in [-0.39, 0.29) is 18.5 Å². The van der Waals surface area contributed by atoms with Gasteiger partial charge >= 0.3 is 19.2 Å². The molecule has 0 fully saturated rings. The summed E-state index contributed by atoms with van der Waals surface area (Å²) in [5, 5.41) is 7.68. The SMILES string of the molecule is C#CC(C(=O)Oc1c(-c2ccc(F)cc2)cc(-c2cccc3c2OCO3)nc1C(C)C)(C(C)O)[P+](=O)O. The van der Waals surface area contributed by atoms with E-state index in [4.69, 9.17) is 25.6 Å². The number of para-hydroxylation sites is 1. The van der Waals surface area contributed by atoms with Crippen molar-refractivity contribution < 1.29 is 38.0 Å². The summed E-state index contributed by atoms with van der Waals surface area (Å²) < 4.78 is 42.7. The molecule has 0 saturated heterocycles. The number of hydrogen-bond donors (Lipinski definition) is 2. The van der Waals surface area contributed by atoms with E-state index in [1.165, 1.54) is 24.3 Å². The van der Waals surface area contributed by atoms with Gasteiger partial charge < -0.3 is 19.3 Å². The maximum absolute atomic E-state index is 13.8. The Balaban J connectivity index is 1.97. The van der Waals surface area contributed by atoms with Crippen LogP contribution >= 0.6 is 8.03 Å². The largest absolute Gasteiger partial charge is 0.540 e. The molecular formula is C27H24FNO7P+. The van der Waals surface area contributed by atoms with Gasteiger partial charge in [-0.15, -0.1) is 6.42 Å². The van der Waals surface area contributed by atoms with Crippen molar-refractivity contribution >= 4 is 14.0 Å². The van der Waals surface area contributed by atoms with E-state index in [0.717, 1.165) is 6.92 Å². The van der Waals surface area contributed by atoms with Crippen LogP contribution in [0.2, 0.25) is 0 Å². The molecule has 10 heteroatoms. The number of nitrogens with zero attached hydrogens (tertiary/aromatic N) is 1. The minimum absolute atomic E-state index is 0.0303. The summed E-state index contributed by atoms with van der Waals surface area (Å²) in [6, 6.07) is 12.5. The molecule has 2 aromatic carbocycles. The second-order valence-electron chi connectivity index (χ2n) is 8.72. The van der Waals surface area contributed by atoms with Gasteiger partial charge in [0.25, 0.3) is 0 Å². The predicted octanol–water partition coefficient (Wildman–Crippen LogP) is 4.80. The highest BCUT2D eigenvalue weighted by Gasteiger charge is 2.62. The van der Waals surface area contributed by atoms with E-state index < -0.39 is 31.1 Å². The third-order valence-corrected chi connectivity index (χ3v) is 7.30. The van der Waals surface area contributed by atoms with Gasteiger partial charge in [0.1, 0.15) is 11.9 Å². The van der Waals surface area contributed by atoms with Crippen LogP contribution in [0, 0.1) is 18.2 Å². The molecule has 0 amide bonds. The van der Waals surface area contributed by atoms with E-state index >= 15 is 0 Å². The number of esters is 1. The Bertz CT molecular complexity index is 1420. The fraction of sp³-hybridized carbons (Fsp3) is 0.259. The van der Waals surface area contributed by atoms with Gasteiger partial charge in [0, 0.05) is 11.1 Å². The maximum Gasteiger partial charge on any atom is 0.540 e. The van der Waals surface area contributed by atoms with E-state index in [1.807, 2.05) is 19.8 Å². The lowest BCUT2D eigenvalue weighted by atomic mass is 9.96. The number of benzene rings is 2. The fourth-order valence-electron chi connectivity index (χ4n) is 3.98. The van der Waals surface area contributed by atoms with Gasteiger partial charge in [0.05, 0.1) is 11.4 Å². The van der Waals surface area contributed by atoms with Crippen LogP contribution in [-0.4, -0.2) is 39.0 Å². The summed E-state index contributed by atoms with van der Waals surface area (Å²) in [6.45, 7) is 4.83. The number of carbonyl (C=O) groups excluding carboxylic acids is 1. The van der Waals surface area contributed by atoms with E-state index in [0.29, 0.717) is 39.6 Å². The van der Waals surface area contributed by atoms with Crippen molar-refractivity contribution in [1.29, 1.82) is 0 Å². The van der Waals surface area contributed by atoms with Crippen LogP contribution in [0.4, 0.5) is 4.39 Å². The van der Waals surface area contributed by atoms with E-state index in [9.17, 15) is 23.7 Å². The predicted molar refractivity (Wildman–Crippen MR) is 134 cm³/mol. The molecule has 1 aliphatic rings. The third kappa shape index (κ3) is 4.67. The van der Waals surface area contributed by atoms with E-state index in [2.05, 4.69) is 0 Å². The first-order chi connectivity index (χ1) is 17.6. The Kier molecular flexibility index (Phi) is 7.28.